The third-order valence-corrected chi connectivity index (χ3v) is 5.22. The molecule has 1 atom stereocenters. The Balaban J connectivity index is 1.75. The second kappa shape index (κ2) is 5.80. The fourth-order valence-electron chi connectivity index (χ4n) is 4.01. The van der Waals surface area contributed by atoms with Crippen LogP contribution in [-0.2, 0) is 4.79 Å². The van der Waals surface area contributed by atoms with Gasteiger partial charge in [0.25, 0.3) is 0 Å². The topological polar surface area (TPSA) is 46.3 Å². The van der Waals surface area contributed by atoms with Gasteiger partial charge in [-0.1, -0.05) is 37.1 Å². The van der Waals surface area contributed by atoms with E-state index in [0.29, 0.717) is 6.42 Å². The summed E-state index contributed by atoms with van der Waals surface area (Å²) in [6.45, 7) is 3.02. The first-order valence-corrected chi connectivity index (χ1v) is 8.23. The van der Waals surface area contributed by atoms with Gasteiger partial charge in [0, 0.05) is 18.5 Å². The zero-order valence-electron chi connectivity index (χ0n) is 13.0. The molecule has 3 heteroatoms. The average Bonchev–Trinajstić information content (AvgIpc) is 3.08. The van der Waals surface area contributed by atoms with E-state index in [1.807, 2.05) is 0 Å². The van der Waals surface area contributed by atoms with Gasteiger partial charge < -0.3 is 10.6 Å². The molecule has 0 radical (unpaired) electrons. The summed E-state index contributed by atoms with van der Waals surface area (Å²) < 4.78 is 0. The minimum absolute atomic E-state index is 0.240. The predicted molar refractivity (Wildman–Crippen MR) is 84.9 cm³/mol. The number of hydrogen-bond donors (Lipinski definition) is 1. The Hall–Kier alpha value is -1.35. The van der Waals surface area contributed by atoms with Crippen molar-refractivity contribution in [2.75, 3.05) is 6.54 Å². The van der Waals surface area contributed by atoms with Crippen molar-refractivity contribution in [3.05, 3.63) is 35.4 Å². The van der Waals surface area contributed by atoms with Crippen LogP contribution in [0, 0.1) is 6.92 Å². The van der Waals surface area contributed by atoms with Gasteiger partial charge in [0.1, 0.15) is 0 Å². The number of amides is 1. The van der Waals surface area contributed by atoms with Gasteiger partial charge in [-0.25, -0.2) is 0 Å². The molecule has 2 fully saturated rings. The largest absolute Gasteiger partial charge is 0.336 e. The molecule has 3 nitrogen and oxygen atoms in total. The number of nitrogens with zero attached hydrogens (tertiary/aromatic N) is 1. The van der Waals surface area contributed by atoms with E-state index in [0.717, 1.165) is 32.2 Å². The van der Waals surface area contributed by atoms with Crippen molar-refractivity contribution in [3.63, 3.8) is 0 Å². The van der Waals surface area contributed by atoms with Gasteiger partial charge in [0.2, 0.25) is 5.91 Å². The number of nitrogens with two attached hydrogens (primary N) is 1. The van der Waals surface area contributed by atoms with Gasteiger partial charge in [-0.2, -0.15) is 0 Å². The highest BCUT2D eigenvalue weighted by atomic mass is 16.2. The highest BCUT2D eigenvalue weighted by molar-refractivity contribution is 5.78. The van der Waals surface area contributed by atoms with Gasteiger partial charge in [-0.15, -0.1) is 0 Å². The molecule has 3 rings (SSSR count). The summed E-state index contributed by atoms with van der Waals surface area (Å²) in [5.41, 5.74) is 8.74. The molecule has 2 aliphatic rings. The van der Waals surface area contributed by atoms with Crippen molar-refractivity contribution < 1.29 is 4.79 Å². The normalized spacial score (nSPS) is 24.5. The zero-order chi connectivity index (χ0) is 14.9. The first-order valence-electron chi connectivity index (χ1n) is 8.23. The molecular formula is C18H26N2O. The van der Waals surface area contributed by atoms with Crippen LogP contribution in [0.5, 0.6) is 0 Å². The fraction of sp³-hybridized carbons (Fsp3) is 0.611. The van der Waals surface area contributed by atoms with Gasteiger partial charge in [0.05, 0.1) is 6.04 Å². The van der Waals surface area contributed by atoms with E-state index in [2.05, 4.69) is 36.1 Å². The average molecular weight is 286 g/mol. The quantitative estimate of drug-likeness (QED) is 0.926. The highest BCUT2D eigenvalue weighted by Crippen LogP contribution is 2.36. The van der Waals surface area contributed by atoms with Gasteiger partial charge in [-0.3, -0.25) is 4.79 Å². The number of likely N-dealkylation sites (tertiary alicyclic amines) is 1. The second-order valence-electron chi connectivity index (χ2n) is 6.85. The summed E-state index contributed by atoms with van der Waals surface area (Å²) in [4.78, 5) is 14.8. The fourth-order valence-corrected chi connectivity index (χ4v) is 4.01. The van der Waals surface area contributed by atoms with E-state index >= 15 is 0 Å². The Morgan fingerprint density at radius 1 is 1.29 bits per heavy atom. The lowest BCUT2D eigenvalue weighted by atomic mass is 9.93. The van der Waals surface area contributed by atoms with Crippen LogP contribution in [0.2, 0.25) is 0 Å². The first kappa shape index (κ1) is 14.6. The zero-order valence-corrected chi connectivity index (χ0v) is 13.0. The molecule has 1 amide bonds. The molecule has 1 unspecified atom stereocenters. The monoisotopic (exact) mass is 286 g/mol. The molecule has 2 N–H and O–H groups in total. The number of rotatable bonds is 3. The number of carbonyl (C=O) groups is 1. The lowest BCUT2D eigenvalue weighted by Crippen LogP contribution is -2.43. The third-order valence-electron chi connectivity index (χ3n) is 5.22. The maximum Gasteiger partial charge on any atom is 0.224 e. The van der Waals surface area contributed by atoms with E-state index < -0.39 is 0 Å². The van der Waals surface area contributed by atoms with Crippen LogP contribution in [0.1, 0.15) is 62.1 Å². The summed E-state index contributed by atoms with van der Waals surface area (Å²) in [7, 11) is 0. The summed E-state index contributed by atoms with van der Waals surface area (Å²) in [5.74, 6) is 0.255. The maximum absolute atomic E-state index is 12.7. The van der Waals surface area contributed by atoms with E-state index in [1.54, 1.807) is 0 Å². The van der Waals surface area contributed by atoms with E-state index in [-0.39, 0.29) is 17.5 Å². The number of benzene rings is 1. The molecule has 1 aromatic carbocycles. The lowest BCUT2D eigenvalue weighted by Gasteiger charge is -2.30. The predicted octanol–water partition coefficient (Wildman–Crippen LogP) is 3.32. The number of hydrogen-bond acceptors (Lipinski definition) is 2. The smallest absolute Gasteiger partial charge is 0.224 e. The molecule has 1 aromatic rings. The van der Waals surface area contributed by atoms with E-state index in [1.165, 1.54) is 24.0 Å². The molecule has 1 heterocycles. The van der Waals surface area contributed by atoms with Crippen molar-refractivity contribution in [1.82, 2.24) is 4.90 Å². The molecule has 1 saturated carbocycles. The van der Waals surface area contributed by atoms with Gasteiger partial charge in [-0.05, 0) is 43.7 Å². The molecule has 0 bridgehead atoms. The Kier molecular flexibility index (Phi) is 4.03. The number of aryl methyl sites for hydroxylation is 1. The van der Waals surface area contributed by atoms with Crippen LogP contribution < -0.4 is 5.73 Å². The van der Waals surface area contributed by atoms with Gasteiger partial charge in [0.15, 0.2) is 0 Å². The SMILES string of the molecule is Cc1ccccc1C1CCCN1C(=O)CC1(N)CCCC1. The minimum Gasteiger partial charge on any atom is -0.336 e. The van der Waals surface area contributed by atoms with Crippen molar-refractivity contribution in [2.45, 2.75) is 63.5 Å². The molecule has 0 spiro atoms. The Labute approximate surface area is 127 Å². The van der Waals surface area contributed by atoms with Crippen molar-refractivity contribution in [2.24, 2.45) is 5.73 Å². The minimum atomic E-state index is -0.240. The Bertz CT molecular complexity index is 520. The van der Waals surface area contributed by atoms with Crippen LogP contribution in [-0.4, -0.2) is 22.9 Å². The summed E-state index contributed by atoms with van der Waals surface area (Å²) in [6, 6.07) is 8.69. The molecule has 0 aromatic heterocycles. The van der Waals surface area contributed by atoms with Crippen molar-refractivity contribution in [3.8, 4) is 0 Å². The van der Waals surface area contributed by atoms with Crippen molar-refractivity contribution in [1.29, 1.82) is 0 Å². The van der Waals surface area contributed by atoms with Crippen LogP contribution in [0.3, 0.4) is 0 Å². The summed E-state index contributed by atoms with van der Waals surface area (Å²) in [5, 5.41) is 0. The first-order chi connectivity index (χ1) is 10.1. The van der Waals surface area contributed by atoms with Gasteiger partial charge >= 0.3 is 0 Å². The van der Waals surface area contributed by atoms with E-state index in [9.17, 15) is 4.79 Å². The summed E-state index contributed by atoms with van der Waals surface area (Å²) in [6.07, 6.45) is 7.05. The van der Waals surface area contributed by atoms with Crippen LogP contribution >= 0.6 is 0 Å². The second-order valence-corrected chi connectivity index (χ2v) is 6.85. The Morgan fingerprint density at radius 3 is 2.71 bits per heavy atom. The molecule has 114 valence electrons. The third kappa shape index (κ3) is 2.98. The van der Waals surface area contributed by atoms with Crippen LogP contribution in [0.15, 0.2) is 24.3 Å². The molecule has 1 saturated heterocycles. The standard InChI is InChI=1S/C18H26N2O/c1-14-7-2-3-8-15(14)16-9-6-12-20(16)17(21)13-18(19)10-4-5-11-18/h2-3,7-8,16H,4-6,9-13,19H2,1H3. The maximum atomic E-state index is 12.7. The molecule has 1 aliphatic carbocycles. The van der Waals surface area contributed by atoms with Crippen LogP contribution in [0.4, 0.5) is 0 Å². The molecule has 1 aliphatic heterocycles. The lowest BCUT2D eigenvalue weighted by molar-refractivity contribution is -0.133. The summed E-state index contributed by atoms with van der Waals surface area (Å²) >= 11 is 0. The van der Waals surface area contributed by atoms with Crippen molar-refractivity contribution >= 4 is 5.91 Å². The Morgan fingerprint density at radius 2 is 2.00 bits per heavy atom. The molecular weight excluding hydrogens is 260 g/mol. The van der Waals surface area contributed by atoms with E-state index in [4.69, 9.17) is 5.73 Å². The highest BCUT2D eigenvalue weighted by Gasteiger charge is 2.37. The molecule has 21 heavy (non-hydrogen) atoms. The number of carbonyl (C=O) groups excluding carboxylic acids is 1. The van der Waals surface area contributed by atoms with Crippen LogP contribution in [0.25, 0.3) is 0 Å².